The number of halogens is 1. The number of aromatic nitrogens is 2. The largest absolute Gasteiger partial charge is 0.383 e. The van der Waals surface area contributed by atoms with Crippen LogP contribution >= 0.6 is 11.6 Å². The Hall–Kier alpha value is -1.07. The molecule has 0 fully saturated rings. The Kier molecular flexibility index (Phi) is 6.87. The minimum atomic E-state index is -0.0718. The minimum absolute atomic E-state index is 0.0718. The Bertz CT molecular complexity index is 434. The number of hydrogen-bond acceptors (Lipinski definition) is 4. The normalized spacial score (nSPS) is 11.0. The smallest absolute Gasteiger partial charge is 0.293 e. The first-order chi connectivity index (χ1) is 9.10. The van der Waals surface area contributed by atoms with Crippen LogP contribution in [0.1, 0.15) is 13.8 Å². The fourth-order valence-electron chi connectivity index (χ4n) is 1.82. The third-order valence-electron chi connectivity index (χ3n) is 2.68. The lowest BCUT2D eigenvalue weighted by Gasteiger charge is -2.22. The van der Waals surface area contributed by atoms with E-state index in [1.165, 1.54) is 0 Å². The third-order valence-corrected chi connectivity index (χ3v) is 2.85. The van der Waals surface area contributed by atoms with Crippen molar-refractivity contribution in [1.29, 1.82) is 0 Å². The van der Waals surface area contributed by atoms with Crippen molar-refractivity contribution in [3.63, 3.8) is 0 Å². The first-order valence-electron chi connectivity index (χ1n) is 6.45. The van der Waals surface area contributed by atoms with Crippen LogP contribution in [0, 0.1) is 5.92 Å². The molecule has 0 saturated heterocycles. The number of methoxy groups -OCH3 is 1. The van der Waals surface area contributed by atoms with E-state index in [9.17, 15) is 4.79 Å². The number of nitrogens with zero attached hydrogens (tertiary/aromatic N) is 3. The van der Waals surface area contributed by atoms with Crippen molar-refractivity contribution >= 4 is 17.4 Å². The van der Waals surface area contributed by atoms with E-state index in [2.05, 4.69) is 18.8 Å². The molecule has 0 aliphatic heterocycles. The molecule has 0 spiro atoms. The van der Waals surface area contributed by atoms with Gasteiger partial charge in [0.15, 0.2) is 5.82 Å². The summed E-state index contributed by atoms with van der Waals surface area (Å²) in [5.41, 5.74) is -0.0718. The lowest BCUT2D eigenvalue weighted by atomic mass is 10.2. The second-order valence-electron chi connectivity index (χ2n) is 4.77. The summed E-state index contributed by atoms with van der Waals surface area (Å²) in [4.78, 5) is 18.4. The van der Waals surface area contributed by atoms with Crippen LogP contribution < -0.4 is 10.5 Å². The molecule has 0 aliphatic rings. The fraction of sp³-hybridized carbons (Fsp3) is 0.692. The molecule has 5 nitrogen and oxygen atoms in total. The van der Waals surface area contributed by atoms with Gasteiger partial charge in [0.05, 0.1) is 6.61 Å². The standard InChI is InChI=1S/C13H22ClN3O2/c1-11(2)10-17-7-5-15-12(13(17)18)16(6-4-14)8-9-19-3/h5,7,11H,4,6,8-10H2,1-3H3. The lowest BCUT2D eigenvalue weighted by Crippen LogP contribution is -2.37. The molecular weight excluding hydrogens is 266 g/mol. The number of alkyl halides is 1. The molecule has 0 atom stereocenters. The van der Waals surface area contributed by atoms with Crippen molar-refractivity contribution in [3.8, 4) is 0 Å². The molecule has 0 unspecified atom stereocenters. The van der Waals surface area contributed by atoms with Gasteiger partial charge in [-0.25, -0.2) is 4.98 Å². The summed E-state index contributed by atoms with van der Waals surface area (Å²) in [6, 6.07) is 0. The second-order valence-corrected chi connectivity index (χ2v) is 5.15. The zero-order chi connectivity index (χ0) is 14.3. The Morgan fingerprint density at radius 2 is 2.21 bits per heavy atom. The topological polar surface area (TPSA) is 47.4 Å². The van der Waals surface area contributed by atoms with Gasteiger partial charge in [-0.1, -0.05) is 13.8 Å². The molecule has 108 valence electrons. The van der Waals surface area contributed by atoms with E-state index >= 15 is 0 Å². The first-order valence-corrected chi connectivity index (χ1v) is 6.99. The summed E-state index contributed by atoms with van der Waals surface area (Å²) in [6.07, 6.45) is 3.38. The van der Waals surface area contributed by atoms with E-state index in [-0.39, 0.29) is 5.56 Å². The lowest BCUT2D eigenvalue weighted by molar-refractivity contribution is 0.205. The van der Waals surface area contributed by atoms with E-state index in [1.807, 2.05) is 4.90 Å². The van der Waals surface area contributed by atoms with Gasteiger partial charge in [-0.05, 0) is 5.92 Å². The van der Waals surface area contributed by atoms with Crippen molar-refractivity contribution in [2.75, 3.05) is 37.6 Å². The highest BCUT2D eigenvalue weighted by Gasteiger charge is 2.13. The fourth-order valence-corrected chi connectivity index (χ4v) is 2.02. The molecule has 0 N–H and O–H groups in total. The molecule has 0 bridgehead atoms. The Morgan fingerprint density at radius 1 is 1.47 bits per heavy atom. The Labute approximate surface area is 119 Å². The first kappa shape index (κ1) is 16.0. The molecule has 1 aromatic heterocycles. The summed E-state index contributed by atoms with van der Waals surface area (Å²) in [7, 11) is 1.63. The highest BCUT2D eigenvalue weighted by Crippen LogP contribution is 2.05. The zero-order valence-electron chi connectivity index (χ0n) is 11.8. The van der Waals surface area contributed by atoms with E-state index < -0.39 is 0 Å². The Balaban J connectivity index is 2.98. The third kappa shape index (κ3) is 4.84. The summed E-state index contributed by atoms with van der Waals surface area (Å²) >= 11 is 5.78. The maximum absolute atomic E-state index is 12.4. The average Bonchev–Trinajstić information content (AvgIpc) is 2.37. The molecule has 1 heterocycles. The van der Waals surface area contributed by atoms with Crippen molar-refractivity contribution in [2.45, 2.75) is 20.4 Å². The summed E-state index contributed by atoms with van der Waals surface area (Å²) in [5, 5.41) is 0. The predicted molar refractivity (Wildman–Crippen MR) is 78.1 cm³/mol. The summed E-state index contributed by atoms with van der Waals surface area (Å²) in [6.45, 7) is 6.57. The van der Waals surface area contributed by atoms with Crippen LogP contribution in [0.2, 0.25) is 0 Å². The van der Waals surface area contributed by atoms with Gasteiger partial charge in [0.1, 0.15) is 0 Å². The zero-order valence-corrected chi connectivity index (χ0v) is 12.6. The Morgan fingerprint density at radius 3 is 2.79 bits per heavy atom. The number of anilines is 1. The van der Waals surface area contributed by atoms with Gasteiger partial charge in [-0.15, -0.1) is 11.6 Å². The number of hydrogen-bond donors (Lipinski definition) is 0. The van der Waals surface area contributed by atoms with E-state index in [0.717, 1.165) is 0 Å². The molecular formula is C13H22ClN3O2. The van der Waals surface area contributed by atoms with Gasteiger partial charge in [-0.3, -0.25) is 4.79 Å². The summed E-state index contributed by atoms with van der Waals surface area (Å²) in [5.74, 6) is 1.30. The van der Waals surface area contributed by atoms with Crippen LogP contribution in [0.15, 0.2) is 17.2 Å². The van der Waals surface area contributed by atoms with Crippen molar-refractivity contribution in [1.82, 2.24) is 9.55 Å². The molecule has 0 amide bonds. The minimum Gasteiger partial charge on any atom is -0.383 e. The van der Waals surface area contributed by atoms with Crippen LogP contribution in [0.25, 0.3) is 0 Å². The van der Waals surface area contributed by atoms with E-state index in [4.69, 9.17) is 16.3 Å². The molecule has 19 heavy (non-hydrogen) atoms. The molecule has 0 radical (unpaired) electrons. The van der Waals surface area contributed by atoms with Gasteiger partial charge in [0.2, 0.25) is 0 Å². The quantitative estimate of drug-likeness (QED) is 0.681. The van der Waals surface area contributed by atoms with Gasteiger partial charge < -0.3 is 14.2 Å². The maximum atomic E-state index is 12.4. The predicted octanol–water partition coefficient (Wildman–Crippen LogP) is 1.59. The highest BCUT2D eigenvalue weighted by molar-refractivity contribution is 6.18. The molecule has 0 aliphatic carbocycles. The van der Waals surface area contributed by atoms with Gasteiger partial charge >= 0.3 is 0 Å². The van der Waals surface area contributed by atoms with Crippen molar-refractivity contribution < 1.29 is 4.74 Å². The van der Waals surface area contributed by atoms with Crippen LogP contribution in [0.3, 0.4) is 0 Å². The SMILES string of the molecule is COCCN(CCCl)c1nccn(CC(C)C)c1=O. The van der Waals surface area contributed by atoms with Gasteiger partial charge in [0.25, 0.3) is 5.56 Å². The maximum Gasteiger partial charge on any atom is 0.293 e. The van der Waals surface area contributed by atoms with Crippen LogP contribution in [-0.2, 0) is 11.3 Å². The van der Waals surface area contributed by atoms with Crippen LogP contribution in [0.5, 0.6) is 0 Å². The second kappa shape index (κ2) is 8.17. The summed E-state index contributed by atoms with van der Waals surface area (Å²) < 4.78 is 6.75. The monoisotopic (exact) mass is 287 g/mol. The average molecular weight is 288 g/mol. The van der Waals surface area contributed by atoms with Crippen LogP contribution in [-0.4, -0.2) is 42.2 Å². The molecule has 0 saturated carbocycles. The van der Waals surface area contributed by atoms with Crippen molar-refractivity contribution in [2.24, 2.45) is 5.92 Å². The van der Waals surface area contributed by atoms with E-state index in [0.29, 0.717) is 43.9 Å². The highest BCUT2D eigenvalue weighted by atomic mass is 35.5. The molecule has 0 aromatic carbocycles. The molecule has 1 rings (SSSR count). The molecule has 6 heteroatoms. The number of ether oxygens (including phenoxy) is 1. The van der Waals surface area contributed by atoms with E-state index in [1.54, 1.807) is 24.1 Å². The van der Waals surface area contributed by atoms with Gasteiger partial charge in [-0.2, -0.15) is 0 Å². The van der Waals surface area contributed by atoms with Crippen LogP contribution in [0.4, 0.5) is 5.82 Å². The van der Waals surface area contributed by atoms with Gasteiger partial charge in [0, 0.05) is 45.0 Å². The molecule has 1 aromatic rings. The van der Waals surface area contributed by atoms with Crippen molar-refractivity contribution in [3.05, 3.63) is 22.7 Å². The number of rotatable bonds is 8.